The molecule has 126 valence electrons. The lowest BCUT2D eigenvalue weighted by Crippen LogP contribution is -2.22. The first kappa shape index (κ1) is 17.5. The molecular weight excluding hydrogens is 308 g/mol. The number of ether oxygens (including phenoxy) is 1. The van der Waals surface area contributed by atoms with Crippen LogP contribution >= 0.6 is 0 Å². The normalized spacial score (nSPS) is 10.2. The Morgan fingerprint density at radius 2 is 1.92 bits per heavy atom. The average Bonchev–Trinajstić information content (AvgIpc) is 2.58. The highest BCUT2D eigenvalue weighted by atomic mass is 16.5. The maximum Gasteiger partial charge on any atom is 0.303 e. The quantitative estimate of drug-likeness (QED) is 0.727. The molecule has 24 heavy (non-hydrogen) atoms. The minimum absolute atomic E-state index is 0.0952. The molecule has 6 heteroatoms. The van der Waals surface area contributed by atoms with Gasteiger partial charge < -0.3 is 15.2 Å². The summed E-state index contributed by atoms with van der Waals surface area (Å²) < 4.78 is 5.46. The van der Waals surface area contributed by atoms with E-state index in [0.717, 1.165) is 11.3 Å². The lowest BCUT2D eigenvalue weighted by Gasteiger charge is -2.08. The largest absolute Gasteiger partial charge is 0.494 e. The van der Waals surface area contributed by atoms with E-state index >= 15 is 0 Å². The molecule has 2 aromatic rings. The number of hydrogen-bond donors (Lipinski definition) is 2. The van der Waals surface area contributed by atoms with Crippen molar-refractivity contribution in [2.24, 2.45) is 0 Å². The second kappa shape index (κ2) is 8.67. The number of carbonyl (C=O) groups excluding carboxylic acids is 1. The van der Waals surface area contributed by atoms with Crippen molar-refractivity contribution in [1.82, 2.24) is 10.3 Å². The van der Waals surface area contributed by atoms with Crippen LogP contribution in [0.2, 0.25) is 0 Å². The lowest BCUT2D eigenvalue weighted by atomic mass is 10.2. The Morgan fingerprint density at radius 1 is 1.17 bits per heavy atom. The number of amides is 1. The van der Waals surface area contributed by atoms with Crippen LogP contribution in [0.1, 0.15) is 34.5 Å². The molecule has 0 saturated heterocycles. The first-order chi connectivity index (χ1) is 11.5. The Bertz CT molecular complexity index is 681. The van der Waals surface area contributed by atoms with Crippen molar-refractivity contribution in [3.05, 3.63) is 59.4 Å². The summed E-state index contributed by atoms with van der Waals surface area (Å²) in [6.07, 6.45) is 2.12. The number of carboxylic acid groups (broad SMARTS) is 1. The molecule has 0 fully saturated rings. The first-order valence-electron chi connectivity index (χ1n) is 7.69. The van der Waals surface area contributed by atoms with Gasteiger partial charge in [0.05, 0.1) is 12.2 Å². The molecule has 0 aliphatic heterocycles. The first-order valence-corrected chi connectivity index (χ1v) is 7.69. The van der Waals surface area contributed by atoms with Crippen molar-refractivity contribution in [3.8, 4) is 5.75 Å². The maximum atomic E-state index is 12.0. The predicted octanol–water partition coefficient (Wildman–Crippen LogP) is 2.56. The average molecular weight is 328 g/mol. The zero-order valence-corrected chi connectivity index (χ0v) is 13.5. The summed E-state index contributed by atoms with van der Waals surface area (Å²) in [4.78, 5) is 26.5. The maximum absolute atomic E-state index is 12.0. The Kier molecular flexibility index (Phi) is 6.31. The van der Waals surface area contributed by atoms with Gasteiger partial charge in [-0.05, 0) is 43.2 Å². The van der Waals surface area contributed by atoms with Gasteiger partial charge in [-0.2, -0.15) is 0 Å². The summed E-state index contributed by atoms with van der Waals surface area (Å²) in [5.74, 6) is -0.317. The highest BCUT2D eigenvalue weighted by Crippen LogP contribution is 2.13. The van der Waals surface area contributed by atoms with Gasteiger partial charge in [0.25, 0.3) is 5.91 Å². The minimum Gasteiger partial charge on any atom is -0.494 e. The van der Waals surface area contributed by atoms with E-state index in [0.29, 0.717) is 30.9 Å². The number of nitrogens with one attached hydrogen (secondary N) is 1. The Morgan fingerprint density at radius 3 is 2.54 bits per heavy atom. The van der Waals surface area contributed by atoms with Crippen molar-refractivity contribution in [2.75, 3.05) is 6.61 Å². The van der Waals surface area contributed by atoms with E-state index in [-0.39, 0.29) is 12.3 Å². The molecule has 0 aliphatic carbocycles. The van der Waals surface area contributed by atoms with Gasteiger partial charge in [0, 0.05) is 24.9 Å². The number of hydrogen-bond acceptors (Lipinski definition) is 4. The fourth-order valence-electron chi connectivity index (χ4n) is 2.00. The summed E-state index contributed by atoms with van der Waals surface area (Å²) in [5.41, 5.74) is 2.34. The van der Waals surface area contributed by atoms with E-state index in [1.54, 1.807) is 30.5 Å². The second-order valence-electron chi connectivity index (χ2n) is 5.36. The number of carbonyl (C=O) groups is 2. The molecule has 0 saturated carbocycles. The molecule has 0 atom stereocenters. The van der Waals surface area contributed by atoms with Gasteiger partial charge in [-0.15, -0.1) is 0 Å². The zero-order valence-electron chi connectivity index (χ0n) is 13.5. The van der Waals surface area contributed by atoms with Crippen molar-refractivity contribution >= 4 is 11.9 Å². The Balaban J connectivity index is 1.78. The van der Waals surface area contributed by atoms with E-state index in [1.807, 2.05) is 19.1 Å². The number of aromatic nitrogens is 1. The van der Waals surface area contributed by atoms with Crippen LogP contribution in [0.4, 0.5) is 0 Å². The molecular formula is C18H20N2O4. The summed E-state index contributed by atoms with van der Waals surface area (Å²) in [5, 5.41) is 11.4. The molecule has 2 rings (SSSR count). The van der Waals surface area contributed by atoms with E-state index < -0.39 is 5.97 Å². The highest BCUT2D eigenvalue weighted by Gasteiger charge is 2.05. The molecule has 1 aromatic heterocycles. The van der Waals surface area contributed by atoms with Crippen molar-refractivity contribution in [3.63, 3.8) is 0 Å². The van der Waals surface area contributed by atoms with Crippen LogP contribution in [0.3, 0.4) is 0 Å². The molecule has 2 N–H and O–H groups in total. The molecule has 6 nitrogen and oxygen atoms in total. The summed E-state index contributed by atoms with van der Waals surface area (Å²) in [6.45, 7) is 2.64. The van der Waals surface area contributed by atoms with Gasteiger partial charge in [0.1, 0.15) is 5.75 Å². The Hall–Kier alpha value is -2.89. The third kappa shape index (κ3) is 5.72. The Labute approximate surface area is 140 Å². The van der Waals surface area contributed by atoms with Crippen LogP contribution in [-0.4, -0.2) is 28.6 Å². The topological polar surface area (TPSA) is 88.5 Å². The third-order valence-corrected chi connectivity index (χ3v) is 3.35. The molecule has 0 bridgehead atoms. The summed E-state index contributed by atoms with van der Waals surface area (Å²) in [6, 6.07) is 10.9. The number of aliphatic carboxylic acids is 1. The molecule has 1 amide bonds. The number of aryl methyl sites for hydroxylation is 1. The predicted molar refractivity (Wildman–Crippen MR) is 89.0 cm³/mol. The van der Waals surface area contributed by atoms with Crippen LogP contribution in [0.15, 0.2) is 42.6 Å². The molecule has 0 spiro atoms. The number of carboxylic acids is 1. The van der Waals surface area contributed by atoms with Crippen LogP contribution in [0.25, 0.3) is 0 Å². The molecule has 0 unspecified atom stereocenters. The second-order valence-corrected chi connectivity index (χ2v) is 5.36. The van der Waals surface area contributed by atoms with Crippen molar-refractivity contribution < 1.29 is 19.4 Å². The molecule has 0 radical (unpaired) electrons. The van der Waals surface area contributed by atoms with Crippen molar-refractivity contribution in [1.29, 1.82) is 0 Å². The van der Waals surface area contributed by atoms with E-state index in [4.69, 9.17) is 9.84 Å². The van der Waals surface area contributed by atoms with Gasteiger partial charge in [-0.25, -0.2) is 0 Å². The van der Waals surface area contributed by atoms with Crippen molar-refractivity contribution in [2.45, 2.75) is 26.3 Å². The monoisotopic (exact) mass is 328 g/mol. The van der Waals surface area contributed by atoms with Crippen LogP contribution < -0.4 is 10.1 Å². The fraction of sp³-hybridized carbons (Fsp3) is 0.278. The van der Waals surface area contributed by atoms with Gasteiger partial charge >= 0.3 is 5.97 Å². The smallest absolute Gasteiger partial charge is 0.303 e. The fourth-order valence-corrected chi connectivity index (χ4v) is 2.00. The van der Waals surface area contributed by atoms with Gasteiger partial charge in [0.15, 0.2) is 0 Å². The molecule has 0 aliphatic rings. The standard InChI is InChI=1S/C18H20N2O4/c1-13-4-7-15(12-19-13)18(23)20-11-14-5-8-16(9-6-14)24-10-2-3-17(21)22/h4-9,12H,2-3,10-11H2,1H3,(H,20,23)(H,21,22). The SMILES string of the molecule is Cc1ccc(C(=O)NCc2ccc(OCCCC(=O)O)cc2)cn1. The molecule has 1 heterocycles. The van der Waals surface area contributed by atoms with Gasteiger partial charge in [-0.1, -0.05) is 12.1 Å². The number of nitrogens with zero attached hydrogens (tertiary/aromatic N) is 1. The van der Waals surface area contributed by atoms with Gasteiger partial charge in [0.2, 0.25) is 0 Å². The van der Waals surface area contributed by atoms with Crippen LogP contribution in [-0.2, 0) is 11.3 Å². The number of benzene rings is 1. The van der Waals surface area contributed by atoms with Crippen LogP contribution in [0.5, 0.6) is 5.75 Å². The zero-order chi connectivity index (χ0) is 17.4. The van der Waals surface area contributed by atoms with E-state index in [9.17, 15) is 9.59 Å². The minimum atomic E-state index is -0.825. The summed E-state index contributed by atoms with van der Waals surface area (Å²) in [7, 11) is 0. The molecule has 1 aromatic carbocycles. The lowest BCUT2D eigenvalue weighted by molar-refractivity contribution is -0.137. The number of pyridine rings is 1. The highest BCUT2D eigenvalue weighted by molar-refractivity contribution is 5.93. The van der Waals surface area contributed by atoms with E-state index in [1.165, 1.54) is 0 Å². The van der Waals surface area contributed by atoms with Crippen LogP contribution in [0, 0.1) is 6.92 Å². The summed E-state index contributed by atoms with van der Waals surface area (Å²) >= 11 is 0. The third-order valence-electron chi connectivity index (χ3n) is 3.35. The number of rotatable bonds is 8. The van der Waals surface area contributed by atoms with E-state index in [2.05, 4.69) is 10.3 Å². The van der Waals surface area contributed by atoms with Gasteiger partial charge in [-0.3, -0.25) is 14.6 Å².